The Morgan fingerprint density at radius 2 is 1.33 bits per heavy atom. The van der Waals surface area contributed by atoms with Gasteiger partial charge in [0.15, 0.2) is 0 Å². The highest BCUT2D eigenvalue weighted by molar-refractivity contribution is 7.92. The second-order valence-electron chi connectivity index (χ2n) is 9.02. The first kappa shape index (κ1) is 25.7. The molecule has 0 aromatic heterocycles. The van der Waals surface area contributed by atoms with E-state index in [9.17, 15) is 13.2 Å². The van der Waals surface area contributed by atoms with Crippen molar-refractivity contribution in [3.63, 3.8) is 0 Å². The Hall–Kier alpha value is -3.36. The van der Waals surface area contributed by atoms with E-state index in [-0.39, 0.29) is 11.9 Å². The number of rotatable bonds is 8. The number of anilines is 1. The third-order valence-electron chi connectivity index (χ3n) is 6.62. The van der Waals surface area contributed by atoms with Crippen LogP contribution in [0.15, 0.2) is 84.9 Å². The number of sulfonamides is 1. The van der Waals surface area contributed by atoms with Crippen molar-refractivity contribution in [3.8, 4) is 5.75 Å². The zero-order valence-corrected chi connectivity index (χ0v) is 21.8. The van der Waals surface area contributed by atoms with E-state index in [0.717, 1.165) is 6.26 Å². The zero-order valence-electron chi connectivity index (χ0n) is 20.9. The second-order valence-corrected chi connectivity index (χ2v) is 10.9. The van der Waals surface area contributed by atoms with E-state index in [4.69, 9.17) is 4.74 Å². The van der Waals surface area contributed by atoms with E-state index in [1.165, 1.54) is 15.4 Å². The Kier molecular flexibility index (Phi) is 7.96. The Balaban J connectivity index is 1.50. The molecule has 190 valence electrons. The van der Waals surface area contributed by atoms with Crippen molar-refractivity contribution in [3.05, 3.63) is 96.1 Å². The molecular weight excluding hydrogens is 474 g/mol. The van der Waals surface area contributed by atoms with Gasteiger partial charge in [0.2, 0.25) is 15.9 Å². The van der Waals surface area contributed by atoms with Gasteiger partial charge in [-0.3, -0.25) is 14.0 Å². The zero-order chi connectivity index (χ0) is 25.7. The smallest absolute Gasteiger partial charge is 0.246 e. The summed E-state index contributed by atoms with van der Waals surface area (Å²) in [5.74, 6) is 0.417. The van der Waals surface area contributed by atoms with Gasteiger partial charge in [0.25, 0.3) is 0 Å². The Morgan fingerprint density at radius 1 is 0.833 bits per heavy atom. The summed E-state index contributed by atoms with van der Waals surface area (Å²) in [4.78, 5) is 17.6. The number of hydrogen-bond acceptors (Lipinski definition) is 5. The van der Waals surface area contributed by atoms with Gasteiger partial charge in [-0.05, 0) is 42.3 Å². The molecule has 1 aliphatic heterocycles. The third-order valence-corrected chi connectivity index (χ3v) is 7.86. The minimum absolute atomic E-state index is 0.0916. The Morgan fingerprint density at radius 3 is 1.78 bits per heavy atom. The van der Waals surface area contributed by atoms with E-state index in [2.05, 4.69) is 29.2 Å². The number of carbonyl (C=O) groups is 1. The van der Waals surface area contributed by atoms with E-state index >= 15 is 0 Å². The van der Waals surface area contributed by atoms with Crippen molar-refractivity contribution in [1.29, 1.82) is 0 Å². The minimum Gasteiger partial charge on any atom is -0.497 e. The normalized spacial score (nSPS) is 15.5. The molecule has 1 amide bonds. The average Bonchev–Trinajstić information content (AvgIpc) is 2.90. The standard InChI is InChI=1S/C28H33N3O4S/c1-22(31(36(3,33)34)25-14-16-26(35-2)17-15-25)28(32)30-20-18-29(19-21-30)27(23-10-6-4-7-11-23)24-12-8-5-9-13-24/h4-17,22,27H,18-21H2,1-3H3. The number of ether oxygens (including phenoxy) is 1. The molecule has 8 heteroatoms. The van der Waals surface area contributed by atoms with E-state index in [0.29, 0.717) is 37.6 Å². The number of carbonyl (C=O) groups excluding carboxylic acids is 1. The monoisotopic (exact) mass is 507 g/mol. The fourth-order valence-electron chi connectivity index (χ4n) is 4.88. The van der Waals surface area contributed by atoms with Crippen LogP contribution in [-0.2, 0) is 14.8 Å². The number of nitrogens with zero attached hydrogens (tertiary/aromatic N) is 3. The van der Waals surface area contributed by atoms with Gasteiger partial charge in [0, 0.05) is 26.2 Å². The average molecular weight is 508 g/mol. The van der Waals surface area contributed by atoms with Crippen molar-refractivity contribution >= 4 is 21.6 Å². The first-order valence-electron chi connectivity index (χ1n) is 12.1. The highest BCUT2D eigenvalue weighted by Crippen LogP contribution is 2.30. The van der Waals surface area contributed by atoms with Gasteiger partial charge in [0.05, 0.1) is 25.1 Å². The molecule has 1 fully saturated rings. The number of amides is 1. The van der Waals surface area contributed by atoms with Crippen molar-refractivity contribution in [1.82, 2.24) is 9.80 Å². The maximum Gasteiger partial charge on any atom is 0.246 e. The molecule has 7 nitrogen and oxygen atoms in total. The van der Waals surface area contributed by atoms with Crippen molar-refractivity contribution < 1.29 is 17.9 Å². The highest BCUT2D eigenvalue weighted by Gasteiger charge is 2.34. The van der Waals surface area contributed by atoms with Crippen molar-refractivity contribution in [2.24, 2.45) is 0 Å². The van der Waals surface area contributed by atoms with Gasteiger partial charge in [-0.25, -0.2) is 8.42 Å². The Bertz CT molecular complexity index is 1200. The number of hydrogen-bond donors (Lipinski definition) is 0. The van der Waals surface area contributed by atoms with E-state index < -0.39 is 16.1 Å². The van der Waals surface area contributed by atoms with Crippen LogP contribution in [0.4, 0.5) is 5.69 Å². The SMILES string of the molecule is COc1ccc(N(C(C)C(=O)N2CCN(C(c3ccccc3)c3ccccc3)CC2)S(C)(=O)=O)cc1. The van der Waals surface area contributed by atoms with Gasteiger partial charge in [-0.15, -0.1) is 0 Å². The number of methoxy groups -OCH3 is 1. The lowest BCUT2D eigenvalue weighted by atomic mass is 9.96. The molecule has 3 aromatic carbocycles. The van der Waals surface area contributed by atoms with Crippen LogP contribution in [0.3, 0.4) is 0 Å². The summed E-state index contributed by atoms with van der Waals surface area (Å²) in [6.45, 7) is 4.08. The molecule has 1 aliphatic rings. The lowest BCUT2D eigenvalue weighted by Gasteiger charge is -2.41. The lowest BCUT2D eigenvalue weighted by Crippen LogP contribution is -2.55. The number of benzene rings is 3. The molecule has 0 radical (unpaired) electrons. The Labute approximate surface area is 214 Å². The van der Waals surface area contributed by atoms with Crippen LogP contribution in [0.5, 0.6) is 5.75 Å². The molecule has 0 bridgehead atoms. The van der Waals surface area contributed by atoms with Gasteiger partial charge >= 0.3 is 0 Å². The molecule has 0 N–H and O–H groups in total. The molecule has 3 aromatic rings. The molecule has 0 saturated carbocycles. The highest BCUT2D eigenvalue weighted by atomic mass is 32.2. The van der Waals surface area contributed by atoms with Gasteiger partial charge in [0.1, 0.15) is 11.8 Å². The summed E-state index contributed by atoms with van der Waals surface area (Å²) >= 11 is 0. The third kappa shape index (κ3) is 5.71. The van der Waals surface area contributed by atoms with Crippen LogP contribution >= 0.6 is 0 Å². The number of piperazine rings is 1. The van der Waals surface area contributed by atoms with Gasteiger partial charge in [-0.2, -0.15) is 0 Å². The molecule has 36 heavy (non-hydrogen) atoms. The van der Waals surface area contributed by atoms with Crippen molar-refractivity contribution in [2.45, 2.75) is 19.0 Å². The summed E-state index contributed by atoms with van der Waals surface area (Å²) in [6.07, 6.45) is 1.13. The molecule has 0 spiro atoms. The molecule has 1 saturated heterocycles. The molecule has 0 aliphatic carbocycles. The summed E-state index contributed by atoms with van der Waals surface area (Å²) < 4.78 is 31.7. The van der Waals surface area contributed by atoms with Gasteiger partial charge in [-0.1, -0.05) is 60.7 Å². The molecule has 4 rings (SSSR count). The molecule has 1 atom stereocenters. The van der Waals surface area contributed by atoms with Crippen LogP contribution in [0, 0.1) is 0 Å². The summed E-state index contributed by atoms with van der Waals surface area (Å²) in [5, 5.41) is 0. The largest absolute Gasteiger partial charge is 0.497 e. The van der Waals surface area contributed by atoms with Crippen LogP contribution in [0.1, 0.15) is 24.1 Å². The fraction of sp³-hybridized carbons (Fsp3) is 0.321. The molecule has 1 unspecified atom stereocenters. The van der Waals surface area contributed by atoms with Crippen LogP contribution < -0.4 is 9.04 Å². The summed E-state index contributed by atoms with van der Waals surface area (Å²) in [5.41, 5.74) is 2.85. The van der Waals surface area contributed by atoms with Crippen LogP contribution in [0.25, 0.3) is 0 Å². The quantitative estimate of drug-likeness (QED) is 0.464. The van der Waals surface area contributed by atoms with E-state index in [1.807, 2.05) is 36.4 Å². The second kappa shape index (κ2) is 11.1. The maximum atomic E-state index is 13.5. The minimum atomic E-state index is -3.68. The maximum absolute atomic E-state index is 13.5. The first-order valence-corrected chi connectivity index (χ1v) is 13.9. The molecule has 1 heterocycles. The first-order chi connectivity index (χ1) is 17.3. The molecular formula is C28H33N3O4S. The van der Waals surface area contributed by atoms with Crippen LogP contribution in [-0.4, -0.2) is 69.7 Å². The fourth-order valence-corrected chi connectivity index (χ4v) is 6.05. The van der Waals surface area contributed by atoms with Crippen molar-refractivity contribution in [2.75, 3.05) is 43.8 Å². The van der Waals surface area contributed by atoms with Crippen LogP contribution in [0.2, 0.25) is 0 Å². The topological polar surface area (TPSA) is 70.2 Å². The predicted octanol–water partition coefficient (Wildman–Crippen LogP) is 3.78. The van der Waals surface area contributed by atoms with Gasteiger partial charge < -0.3 is 9.64 Å². The summed E-state index contributed by atoms with van der Waals surface area (Å²) in [7, 11) is -2.13. The van der Waals surface area contributed by atoms with E-state index in [1.54, 1.807) is 43.2 Å². The summed E-state index contributed by atoms with van der Waals surface area (Å²) in [6, 6.07) is 26.7. The lowest BCUT2D eigenvalue weighted by molar-refractivity contribution is -0.134. The predicted molar refractivity (Wildman–Crippen MR) is 143 cm³/mol.